The summed E-state index contributed by atoms with van der Waals surface area (Å²) in [6.45, 7) is 1.73. The molecule has 0 unspecified atom stereocenters. The standard InChI is InChI=1S/C14H16N2O4/c1-14-10(12(17)19-3)11(15-13(18)16(14)2)8-6-4-5-7-9(8)20-14/h4-7,10-11H,1-3H3,(H,15,18)/t10-,11-,14+/m1/s1. The number of methoxy groups -OCH3 is 1. The van der Waals surface area contributed by atoms with E-state index in [0.29, 0.717) is 5.75 Å². The SMILES string of the molecule is COC(=O)[C@H]1[C@@H]2NC(=O)N(C)[C@@]1(C)Oc1ccccc12. The van der Waals surface area contributed by atoms with Crippen LogP contribution in [0.2, 0.25) is 0 Å². The van der Waals surface area contributed by atoms with Crippen molar-refractivity contribution in [2.24, 2.45) is 5.92 Å². The molecule has 1 fully saturated rings. The summed E-state index contributed by atoms with van der Waals surface area (Å²) in [7, 11) is 2.94. The first-order valence-corrected chi connectivity index (χ1v) is 6.39. The fraction of sp³-hybridized carbons (Fsp3) is 0.429. The minimum atomic E-state index is -1.06. The number of nitrogens with one attached hydrogen (secondary N) is 1. The molecule has 0 radical (unpaired) electrons. The van der Waals surface area contributed by atoms with Gasteiger partial charge in [-0.05, 0) is 13.0 Å². The number of para-hydroxylation sites is 1. The van der Waals surface area contributed by atoms with Crippen molar-refractivity contribution in [3.8, 4) is 5.75 Å². The highest BCUT2D eigenvalue weighted by atomic mass is 16.5. The zero-order valence-corrected chi connectivity index (χ0v) is 11.5. The number of amides is 2. The Bertz CT molecular complexity index is 588. The lowest BCUT2D eigenvalue weighted by atomic mass is 9.79. The normalized spacial score (nSPS) is 30.9. The third kappa shape index (κ3) is 1.51. The van der Waals surface area contributed by atoms with Crippen LogP contribution in [0.5, 0.6) is 5.75 Å². The largest absolute Gasteiger partial charge is 0.469 e. The fourth-order valence-corrected chi connectivity index (χ4v) is 2.96. The van der Waals surface area contributed by atoms with Gasteiger partial charge in [-0.25, -0.2) is 4.79 Å². The van der Waals surface area contributed by atoms with E-state index < -0.39 is 23.7 Å². The first-order chi connectivity index (χ1) is 9.49. The van der Waals surface area contributed by atoms with E-state index in [1.807, 2.05) is 24.3 Å². The summed E-state index contributed by atoms with van der Waals surface area (Å²) in [6.07, 6.45) is 0. The Kier molecular flexibility index (Phi) is 2.64. The van der Waals surface area contributed by atoms with E-state index in [0.717, 1.165) is 5.56 Å². The van der Waals surface area contributed by atoms with Gasteiger partial charge in [-0.2, -0.15) is 0 Å². The van der Waals surface area contributed by atoms with Gasteiger partial charge in [-0.15, -0.1) is 0 Å². The third-order valence-corrected chi connectivity index (χ3v) is 4.19. The van der Waals surface area contributed by atoms with Crippen molar-refractivity contribution in [2.45, 2.75) is 18.7 Å². The van der Waals surface area contributed by atoms with E-state index >= 15 is 0 Å². The minimum Gasteiger partial charge on any atom is -0.469 e. The molecular weight excluding hydrogens is 260 g/mol. The summed E-state index contributed by atoms with van der Waals surface area (Å²) in [4.78, 5) is 25.6. The summed E-state index contributed by atoms with van der Waals surface area (Å²) >= 11 is 0. The smallest absolute Gasteiger partial charge is 0.320 e. The van der Waals surface area contributed by atoms with E-state index in [2.05, 4.69) is 5.32 Å². The number of esters is 1. The predicted octanol–water partition coefficient (Wildman–Crippen LogP) is 1.28. The molecule has 1 aromatic carbocycles. The van der Waals surface area contributed by atoms with Gasteiger partial charge >= 0.3 is 12.0 Å². The van der Waals surface area contributed by atoms with Crippen LogP contribution in [0.15, 0.2) is 24.3 Å². The molecule has 2 heterocycles. The van der Waals surface area contributed by atoms with Crippen LogP contribution in [-0.2, 0) is 9.53 Å². The minimum absolute atomic E-state index is 0.271. The lowest BCUT2D eigenvalue weighted by molar-refractivity contribution is -0.173. The molecule has 2 amide bonds. The maximum atomic E-state index is 12.2. The monoisotopic (exact) mass is 276 g/mol. The van der Waals surface area contributed by atoms with Crippen molar-refractivity contribution < 1.29 is 19.1 Å². The number of carbonyl (C=O) groups is 2. The van der Waals surface area contributed by atoms with Crippen LogP contribution in [0.4, 0.5) is 4.79 Å². The Hall–Kier alpha value is -2.24. The summed E-state index contributed by atoms with van der Waals surface area (Å²) in [5, 5.41) is 2.85. The van der Waals surface area contributed by atoms with Crippen molar-refractivity contribution in [3.05, 3.63) is 29.8 Å². The fourth-order valence-electron chi connectivity index (χ4n) is 2.96. The average Bonchev–Trinajstić information content (AvgIpc) is 2.44. The quantitative estimate of drug-likeness (QED) is 0.785. The predicted molar refractivity (Wildman–Crippen MR) is 70.0 cm³/mol. The second-order valence-electron chi connectivity index (χ2n) is 5.18. The van der Waals surface area contributed by atoms with Gasteiger partial charge < -0.3 is 14.8 Å². The van der Waals surface area contributed by atoms with Crippen molar-refractivity contribution in [3.63, 3.8) is 0 Å². The number of benzene rings is 1. The van der Waals surface area contributed by atoms with Gasteiger partial charge in [-0.3, -0.25) is 9.69 Å². The molecule has 3 rings (SSSR count). The maximum Gasteiger partial charge on any atom is 0.320 e. The molecule has 106 valence electrons. The Morgan fingerprint density at radius 3 is 2.85 bits per heavy atom. The summed E-state index contributed by atoms with van der Waals surface area (Å²) in [5.74, 6) is -0.351. The van der Waals surface area contributed by atoms with E-state index in [9.17, 15) is 9.59 Å². The molecule has 3 atom stereocenters. The van der Waals surface area contributed by atoms with Gasteiger partial charge in [0.05, 0.1) is 13.2 Å². The van der Waals surface area contributed by atoms with Crippen LogP contribution in [0.25, 0.3) is 0 Å². The zero-order valence-electron chi connectivity index (χ0n) is 11.5. The van der Waals surface area contributed by atoms with Gasteiger partial charge in [0, 0.05) is 12.6 Å². The molecule has 20 heavy (non-hydrogen) atoms. The topological polar surface area (TPSA) is 67.9 Å². The number of hydrogen-bond donors (Lipinski definition) is 1. The van der Waals surface area contributed by atoms with Gasteiger partial charge in [-0.1, -0.05) is 18.2 Å². The Balaban J connectivity index is 2.18. The van der Waals surface area contributed by atoms with Crippen LogP contribution in [0.3, 0.4) is 0 Å². The highest BCUT2D eigenvalue weighted by molar-refractivity contribution is 5.84. The number of rotatable bonds is 1. The second kappa shape index (κ2) is 4.13. The molecule has 0 aliphatic carbocycles. The third-order valence-electron chi connectivity index (χ3n) is 4.19. The molecule has 0 aromatic heterocycles. The highest BCUT2D eigenvalue weighted by Gasteiger charge is 2.59. The van der Waals surface area contributed by atoms with Crippen LogP contribution < -0.4 is 10.1 Å². The molecule has 2 aliphatic rings. The van der Waals surface area contributed by atoms with Gasteiger partial charge in [0.1, 0.15) is 11.7 Å². The maximum absolute atomic E-state index is 12.2. The van der Waals surface area contributed by atoms with Crippen molar-refractivity contribution in [1.82, 2.24) is 10.2 Å². The number of carbonyl (C=O) groups excluding carboxylic acids is 2. The first-order valence-electron chi connectivity index (χ1n) is 6.39. The second-order valence-corrected chi connectivity index (χ2v) is 5.18. The zero-order chi connectivity index (χ0) is 14.5. The number of hydrogen-bond acceptors (Lipinski definition) is 4. The molecule has 1 saturated heterocycles. The molecule has 0 spiro atoms. The van der Waals surface area contributed by atoms with Crippen LogP contribution >= 0.6 is 0 Å². The van der Waals surface area contributed by atoms with E-state index in [1.165, 1.54) is 12.0 Å². The van der Waals surface area contributed by atoms with E-state index in [1.54, 1.807) is 14.0 Å². The van der Waals surface area contributed by atoms with E-state index in [4.69, 9.17) is 9.47 Å². The number of nitrogens with zero attached hydrogens (tertiary/aromatic N) is 1. The van der Waals surface area contributed by atoms with E-state index in [-0.39, 0.29) is 6.03 Å². The van der Waals surface area contributed by atoms with Gasteiger partial charge in [0.15, 0.2) is 5.72 Å². The summed E-state index contributed by atoms with van der Waals surface area (Å²) in [6, 6.07) is 6.68. The number of fused-ring (bicyclic) bond motifs is 4. The van der Waals surface area contributed by atoms with Crippen LogP contribution in [0, 0.1) is 5.92 Å². The van der Waals surface area contributed by atoms with Crippen molar-refractivity contribution in [2.75, 3.05) is 14.2 Å². The van der Waals surface area contributed by atoms with Crippen LogP contribution in [0.1, 0.15) is 18.5 Å². The Morgan fingerprint density at radius 2 is 2.15 bits per heavy atom. The first kappa shape index (κ1) is 12.8. The molecule has 0 saturated carbocycles. The molecule has 2 bridgehead atoms. The van der Waals surface area contributed by atoms with Crippen molar-refractivity contribution in [1.29, 1.82) is 0 Å². The lowest BCUT2D eigenvalue weighted by Crippen LogP contribution is -2.70. The molecule has 6 nitrogen and oxygen atoms in total. The lowest BCUT2D eigenvalue weighted by Gasteiger charge is -2.53. The van der Waals surface area contributed by atoms with Crippen molar-refractivity contribution >= 4 is 12.0 Å². The summed E-state index contributed by atoms with van der Waals surface area (Å²) < 4.78 is 10.9. The molecule has 2 aliphatic heterocycles. The molecule has 1 N–H and O–H groups in total. The van der Waals surface area contributed by atoms with Gasteiger partial charge in [0.25, 0.3) is 0 Å². The Labute approximate surface area is 116 Å². The average molecular weight is 276 g/mol. The molecule has 1 aromatic rings. The number of urea groups is 1. The number of ether oxygens (including phenoxy) is 2. The van der Waals surface area contributed by atoms with Crippen LogP contribution in [-0.4, -0.2) is 36.8 Å². The summed E-state index contributed by atoms with van der Waals surface area (Å²) in [5.41, 5.74) is -0.268. The highest BCUT2D eigenvalue weighted by Crippen LogP contribution is 2.47. The molecular formula is C14H16N2O4. The Morgan fingerprint density at radius 1 is 1.45 bits per heavy atom. The van der Waals surface area contributed by atoms with Gasteiger partial charge in [0.2, 0.25) is 0 Å². The molecule has 6 heteroatoms.